The number of piperidine rings is 1. The molecule has 0 saturated carbocycles. The number of nitrogens with zero attached hydrogens (tertiary/aromatic N) is 1. The minimum Gasteiger partial charge on any atom is -0.367 e. The van der Waals surface area contributed by atoms with Crippen LogP contribution < -0.4 is 10.2 Å². The standard InChI is InChI=1S/C19H24N2/c1-3-7-17(8-4-1)15-21(19-9-5-2-6-10-19)16-18-11-13-20-14-12-18/h1-10,18,20H,11-16H2. The molecular formula is C19H24N2. The maximum atomic E-state index is 3.46. The second kappa shape index (κ2) is 7.28. The Kier molecular flexibility index (Phi) is 4.90. The summed E-state index contributed by atoms with van der Waals surface area (Å²) in [5.74, 6) is 0.801. The van der Waals surface area contributed by atoms with Crippen LogP contribution in [0.1, 0.15) is 18.4 Å². The molecule has 1 aliphatic rings. The SMILES string of the molecule is c1ccc(CN(CC2CCNCC2)c2ccccc2)cc1. The Morgan fingerprint density at radius 2 is 1.48 bits per heavy atom. The summed E-state index contributed by atoms with van der Waals surface area (Å²) in [6.45, 7) is 4.48. The van der Waals surface area contributed by atoms with Gasteiger partial charge in [-0.1, -0.05) is 48.5 Å². The van der Waals surface area contributed by atoms with E-state index in [1.165, 1.54) is 37.2 Å². The van der Waals surface area contributed by atoms with Crippen LogP contribution >= 0.6 is 0 Å². The van der Waals surface area contributed by atoms with Crippen LogP contribution in [0.25, 0.3) is 0 Å². The summed E-state index contributed by atoms with van der Waals surface area (Å²) < 4.78 is 0. The second-order valence-electron chi connectivity index (χ2n) is 5.90. The van der Waals surface area contributed by atoms with E-state index in [1.807, 2.05) is 0 Å². The van der Waals surface area contributed by atoms with Gasteiger partial charge in [0.15, 0.2) is 0 Å². The molecule has 1 aliphatic heterocycles. The summed E-state index contributed by atoms with van der Waals surface area (Å²) in [6.07, 6.45) is 2.58. The Labute approximate surface area is 127 Å². The Balaban J connectivity index is 1.74. The molecule has 3 rings (SSSR count). The van der Waals surface area contributed by atoms with Gasteiger partial charge in [-0.2, -0.15) is 0 Å². The van der Waals surface area contributed by atoms with E-state index in [0.29, 0.717) is 0 Å². The maximum absolute atomic E-state index is 3.46. The van der Waals surface area contributed by atoms with Gasteiger partial charge in [0, 0.05) is 18.8 Å². The Morgan fingerprint density at radius 1 is 0.857 bits per heavy atom. The number of benzene rings is 2. The van der Waals surface area contributed by atoms with Crippen LogP contribution in [0.5, 0.6) is 0 Å². The first kappa shape index (κ1) is 14.2. The summed E-state index contributed by atoms with van der Waals surface area (Å²) in [5, 5.41) is 3.46. The van der Waals surface area contributed by atoms with Gasteiger partial charge < -0.3 is 10.2 Å². The molecule has 2 aromatic rings. The van der Waals surface area contributed by atoms with Crippen molar-refractivity contribution in [3.8, 4) is 0 Å². The van der Waals surface area contributed by atoms with E-state index in [2.05, 4.69) is 70.9 Å². The number of hydrogen-bond donors (Lipinski definition) is 1. The zero-order valence-electron chi connectivity index (χ0n) is 12.5. The van der Waals surface area contributed by atoms with Crippen LogP contribution in [0.3, 0.4) is 0 Å². The largest absolute Gasteiger partial charge is 0.367 e. The van der Waals surface area contributed by atoms with E-state index < -0.39 is 0 Å². The van der Waals surface area contributed by atoms with E-state index >= 15 is 0 Å². The van der Waals surface area contributed by atoms with Gasteiger partial charge in [0.25, 0.3) is 0 Å². The molecule has 0 spiro atoms. The van der Waals surface area contributed by atoms with Crippen molar-refractivity contribution in [2.24, 2.45) is 5.92 Å². The highest BCUT2D eigenvalue weighted by Gasteiger charge is 2.17. The lowest BCUT2D eigenvalue weighted by Crippen LogP contribution is -2.36. The molecule has 110 valence electrons. The van der Waals surface area contributed by atoms with Crippen LogP contribution in [0, 0.1) is 5.92 Å². The molecule has 0 amide bonds. The fraction of sp³-hybridized carbons (Fsp3) is 0.368. The van der Waals surface area contributed by atoms with Crippen molar-refractivity contribution in [1.29, 1.82) is 0 Å². The monoisotopic (exact) mass is 280 g/mol. The van der Waals surface area contributed by atoms with E-state index in [1.54, 1.807) is 0 Å². The van der Waals surface area contributed by atoms with Crippen LogP contribution in [0.4, 0.5) is 5.69 Å². The van der Waals surface area contributed by atoms with Gasteiger partial charge in [0.05, 0.1) is 0 Å². The van der Waals surface area contributed by atoms with Gasteiger partial charge in [0.1, 0.15) is 0 Å². The van der Waals surface area contributed by atoms with Crippen molar-refractivity contribution in [1.82, 2.24) is 5.32 Å². The Morgan fingerprint density at radius 3 is 2.14 bits per heavy atom. The molecule has 2 heteroatoms. The van der Waals surface area contributed by atoms with Gasteiger partial charge in [-0.3, -0.25) is 0 Å². The molecule has 21 heavy (non-hydrogen) atoms. The zero-order chi connectivity index (χ0) is 14.3. The molecule has 1 fully saturated rings. The molecule has 0 unspecified atom stereocenters. The van der Waals surface area contributed by atoms with Crippen molar-refractivity contribution < 1.29 is 0 Å². The minimum absolute atomic E-state index is 0.801. The van der Waals surface area contributed by atoms with Gasteiger partial charge >= 0.3 is 0 Å². The quantitative estimate of drug-likeness (QED) is 0.898. The first-order valence-electron chi connectivity index (χ1n) is 7.96. The lowest BCUT2D eigenvalue weighted by Gasteiger charge is -2.32. The highest BCUT2D eigenvalue weighted by Crippen LogP contribution is 2.21. The van der Waals surface area contributed by atoms with E-state index in [0.717, 1.165) is 19.0 Å². The summed E-state index contributed by atoms with van der Waals surface area (Å²) >= 11 is 0. The molecule has 0 aliphatic carbocycles. The third-order valence-corrected chi connectivity index (χ3v) is 4.27. The average Bonchev–Trinajstić information content (AvgIpc) is 2.57. The minimum atomic E-state index is 0.801. The molecule has 1 N–H and O–H groups in total. The fourth-order valence-electron chi connectivity index (χ4n) is 3.08. The Hall–Kier alpha value is -1.80. The number of hydrogen-bond acceptors (Lipinski definition) is 2. The van der Waals surface area contributed by atoms with Crippen molar-refractivity contribution in [2.75, 3.05) is 24.5 Å². The molecule has 1 heterocycles. The molecule has 0 radical (unpaired) electrons. The smallest absolute Gasteiger partial charge is 0.0429 e. The van der Waals surface area contributed by atoms with Crippen LogP contribution in [0.15, 0.2) is 60.7 Å². The van der Waals surface area contributed by atoms with Crippen molar-refractivity contribution in [3.05, 3.63) is 66.2 Å². The molecule has 0 atom stereocenters. The van der Waals surface area contributed by atoms with Crippen molar-refractivity contribution in [2.45, 2.75) is 19.4 Å². The zero-order valence-corrected chi connectivity index (χ0v) is 12.5. The predicted octanol–water partition coefficient (Wildman–Crippen LogP) is 3.69. The topological polar surface area (TPSA) is 15.3 Å². The van der Waals surface area contributed by atoms with Crippen molar-refractivity contribution in [3.63, 3.8) is 0 Å². The summed E-state index contributed by atoms with van der Waals surface area (Å²) in [6, 6.07) is 21.6. The van der Waals surface area contributed by atoms with Crippen LogP contribution in [-0.2, 0) is 6.54 Å². The third-order valence-electron chi connectivity index (χ3n) is 4.27. The average molecular weight is 280 g/mol. The lowest BCUT2D eigenvalue weighted by atomic mass is 9.97. The molecule has 2 aromatic carbocycles. The molecule has 0 aromatic heterocycles. The normalized spacial score (nSPS) is 15.8. The van der Waals surface area contributed by atoms with Gasteiger partial charge in [0.2, 0.25) is 0 Å². The second-order valence-corrected chi connectivity index (χ2v) is 5.90. The van der Waals surface area contributed by atoms with E-state index in [4.69, 9.17) is 0 Å². The van der Waals surface area contributed by atoms with Gasteiger partial charge in [-0.05, 0) is 49.5 Å². The predicted molar refractivity (Wildman–Crippen MR) is 89.5 cm³/mol. The lowest BCUT2D eigenvalue weighted by molar-refractivity contribution is 0.373. The van der Waals surface area contributed by atoms with Crippen molar-refractivity contribution >= 4 is 5.69 Å². The van der Waals surface area contributed by atoms with E-state index in [-0.39, 0.29) is 0 Å². The fourth-order valence-corrected chi connectivity index (χ4v) is 3.08. The highest BCUT2D eigenvalue weighted by molar-refractivity contribution is 5.46. The van der Waals surface area contributed by atoms with Gasteiger partial charge in [-0.25, -0.2) is 0 Å². The highest BCUT2D eigenvalue weighted by atomic mass is 15.1. The van der Waals surface area contributed by atoms with E-state index in [9.17, 15) is 0 Å². The third kappa shape index (κ3) is 4.08. The number of nitrogens with one attached hydrogen (secondary N) is 1. The number of rotatable bonds is 5. The Bertz CT molecular complexity index is 518. The molecule has 2 nitrogen and oxygen atoms in total. The first-order chi connectivity index (χ1) is 10.4. The number of anilines is 1. The van der Waals surface area contributed by atoms with Crippen LogP contribution in [0.2, 0.25) is 0 Å². The molecule has 1 saturated heterocycles. The van der Waals surface area contributed by atoms with Gasteiger partial charge in [-0.15, -0.1) is 0 Å². The maximum Gasteiger partial charge on any atom is 0.0429 e. The summed E-state index contributed by atoms with van der Waals surface area (Å²) in [7, 11) is 0. The number of para-hydroxylation sites is 1. The molecule has 0 bridgehead atoms. The first-order valence-corrected chi connectivity index (χ1v) is 7.96. The van der Waals surface area contributed by atoms with Crippen LogP contribution in [-0.4, -0.2) is 19.6 Å². The molecular weight excluding hydrogens is 256 g/mol. The summed E-state index contributed by atoms with van der Waals surface area (Å²) in [5.41, 5.74) is 2.72. The summed E-state index contributed by atoms with van der Waals surface area (Å²) in [4.78, 5) is 2.53.